The van der Waals surface area contributed by atoms with Gasteiger partial charge in [-0.25, -0.2) is 18.7 Å². The van der Waals surface area contributed by atoms with Gasteiger partial charge < -0.3 is 9.47 Å². The molecule has 0 radical (unpaired) electrons. The molecule has 2 saturated heterocycles. The first-order valence-corrected chi connectivity index (χ1v) is 14.1. The molecule has 38 heavy (non-hydrogen) atoms. The number of aryl methyl sites for hydroxylation is 1. The first-order valence-electron chi connectivity index (χ1n) is 12.6. The second kappa shape index (κ2) is 12.1. The summed E-state index contributed by atoms with van der Waals surface area (Å²) in [5.41, 5.74) is 4.20. The van der Waals surface area contributed by atoms with Gasteiger partial charge in [-0.1, -0.05) is 18.2 Å². The lowest BCUT2D eigenvalue weighted by atomic mass is 9.98. The smallest absolute Gasteiger partial charge is 0.381 e. The van der Waals surface area contributed by atoms with E-state index in [1.807, 2.05) is 0 Å². The lowest BCUT2D eigenvalue weighted by Gasteiger charge is -2.35. The zero-order valence-corrected chi connectivity index (χ0v) is 21.7. The fourth-order valence-electron chi connectivity index (χ4n) is 4.60. The number of aromatic nitrogens is 1. The van der Waals surface area contributed by atoms with Crippen LogP contribution in [0.15, 0.2) is 47.5 Å². The van der Waals surface area contributed by atoms with E-state index in [0.717, 1.165) is 12.8 Å². The maximum absolute atomic E-state index is 13.8. The lowest BCUT2D eigenvalue weighted by molar-refractivity contribution is -0.202. The number of hydrogen-bond acceptors (Lipinski definition) is 7. The molecule has 8 nitrogen and oxygen atoms in total. The van der Waals surface area contributed by atoms with Crippen molar-refractivity contribution >= 4 is 15.7 Å². The van der Waals surface area contributed by atoms with Gasteiger partial charge in [-0.05, 0) is 62.3 Å². The molecule has 208 valence electrons. The number of carbonyl (C=O) groups is 1. The van der Waals surface area contributed by atoms with Crippen LogP contribution in [0.1, 0.15) is 50.5 Å². The summed E-state index contributed by atoms with van der Waals surface area (Å²) < 4.78 is 73.7. The standard InChI is InChI=1S/C26H31F3N2O6S/c27-26(28,29)12-3-4-19-6-11-22(30-18-19)20-7-9-21(10-8-20)38(33,34)25(13-16-35-17-14-25)24(32)31-37-23-5-1-2-15-36-23/h6-11,18,23H,1-5,12-17H2,(H,31,32). The molecule has 1 unspecified atom stereocenters. The molecule has 0 bridgehead atoms. The van der Waals surface area contributed by atoms with E-state index in [0.29, 0.717) is 29.8 Å². The summed E-state index contributed by atoms with van der Waals surface area (Å²) in [5, 5.41) is 0. The summed E-state index contributed by atoms with van der Waals surface area (Å²) in [6.45, 7) is 0.744. The number of rotatable bonds is 9. The van der Waals surface area contributed by atoms with Crippen molar-refractivity contribution in [2.75, 3.05) is 19.8 Å². The van der Waals surface area contributed by atoms with Crippen molar-refractivity contribution in [2.24, 2.45) is 0 Å². The average molecular weight is 557 g/mol. The topological polar surface area (TPSA) is 104 Å². The van der Waals surface area contributed by atoms with E-state index in [1.165, 1.54) is 18.3 Å². The molecule has 1 aromatic carbocycles. The SMILES string of the molecule is O=C(NOC1CCCCO1)C1(S(=O)(=O)c2ccc(-c3ccc(CCCC(F)(F)F)cn3)cc2)CCOCC1. The van der Waals surface area contributed by atoms with Crippen molar-refractivity contribution in [1.29, 1.82) is 0 Å². The summed E-state index contributed by atoms with van der Waals surface area (Å²) >= 11 is 0. The van der Waals surface area contributed by atoms with E-state index in [4.69, 9.17) is 14.3 Å². The third-order valence-corrected chi connectivity index (χ3v) is 9.38. The number of amides is 1. The highest BCUT2D eigenvalue weighted by molar-refractivity contribution is 7.93. The highest BCUT2D eigenvalue weighted by Crippen LogP contribution is 2.36. The van der Waals surface area contributed by atoms with Gasteiger partial charge in [0, 0.05) is 44.4 Å². The second-order valence-corrected chi connectivity index (χ2v) is 11.8. The summed E-state index contributed by atoms with van der Waals surface area (Å²) in [7, 11) is -4.13. The van der Waals surface area contributed by atoms with Gasteiger partial charge in [-0.2, -0.15) is 13.2 Å². The number of pyridine rings is 1. The highest BCUT2D eigenvalue weighted by Gasteiger charge is 2.52. The minimum absolute atomic E-state index is 0.0176. The van der Waals surface area contributed by atoms with Crippen LogP contribution < -0.4 is 5.48 Å². The number of benzene rings is 1. The average Bonchev–Trinajstić information content (AvgIpc) is 2.92. The van der Waals surface area contributed by atoms with E-state index in [1.54, 1.807) is 24.3 Å². The number of hydroxylamine groups is 1. The summed E-state index contributed by atoms with van der Waals surface area (Å²) in [5.74, 6) is -0.748. The predicted molar refractivity (Wildman–Crippen MR) is 131 cm³/mol. The van der Waals surface area contributed by atoms with Gasteiger partial charge in [0.25, 0.3) is 5.91 Å². The van der Waals surface area contributed by atoms with E-state index < -0.39 is 39.4 Å². The van der Waals surface area contributed by atoms with Crippen molar-refractivity contribution in [3.8, 4) is 11.3 Å². The van der Waals surface area contributed by atoms with Gasteiger partial charge >= 0.3 is 6.18 Å². The molecule has 0 saturated carbocycles. The Balaban J connectivity index is 1.47. The highest BCUT2D eigenvalue weighted by atomic mass is 32.2. The summed E-state index contributed by atoms with van der Waals surface area (Å²) in [6.07, 6.45) is -1.53. The van der Waals surface area contributed by atoms with E-state index >= 15 is 0 Å². The summed E-state index contributed by atoms with van der Waals surface area (Å²) in [6, 6.07) is 9.44. The Morgan fingerprint density at radius 1 is 1.08 bits per heavy atom. The normalized spacial score (nSPS) is 20.1. The van der Waals surface area contributed by atoms with Gasteiger partial charge in [0.2, 0.25) is 0 Å². The first kappa shape index (κ1) is 28.5. The van der Waals surface area contributed by atoms with E-state index in [9.17, 15) is 26.4 Å². The number of sulfone groups is 1. The second-order valence-electron chi connectivity index (χ2n) is 9.50. The van der Waals surface area contributed by atoms with Crippen LogP contribution in [0.2, 0.25) is 0 Å². The third kappa shape index (κ3) is 6.71. The largest absolute Gasteiger partial charge is 0.389 e. The number of hydrogen-bond donors (Lipinski definition) is 1. The zero-order valence-electron chi connectivity index (χ0n) is 20.8. The van der Waals surface area contributed by atoms with Crippen molar-refractivity contribution in [1.82, 2.24) is 10.5 Å². The molecule has 1 N–H and O–H groups in total. The number of halogens is 3. The Bertz CT molecular complexity index is 1170. The number of carbonyl (C=O) groups excluding carboxylic acids is 1. The Hall–Kier alpha value is -2.54. The molecule has 12 heteroatoms. The Morgan fingerprint density at radius 2 is 1.82 bits per heavy atom. The van der Waals surface area contributed by atoms with E-state index in [2.05, 4.69) is 10.5 Å². The number of alkyl halides is 3. The first-order chi connectivity index (χ1) is 18.1. The van der Waals surface area contributed by atoms with Crippen LogP contribution in [0.5, 0.6) is 0 Å². The Kier molecular flexibility index (Phi) is 9.07. The lowest BCUT2D eigenvalue weighted by Crippen LogP contribution is -2.56. The van der Waals surface area contributed by atoms with Crippen LogP contribution in [0.3, 0.4) is 0 Å². The quantitative estimate of drug-likeness (QED) is 0.453. The van der Waals surface area contributed by atoms with Gasteiger partial charge in [-0.3, -0.25) is 9.78 Å². The molecular formula is C26H31F3N2O6S. The van der Waals surface area contributed by atoms with Gasteiger partial charge in [0.15, 0.2) is 20.9 Å². The minimum atomic E-state index is -4.18. The molecule has 1 atom stereocenters. The molecule has 0 spiro atoms. The van der Waals surface area contributed by atoms with E-state index in [-0.39, 0.29) is 43.8 Å². The molecule has 1 amide bonds. The van der Waals surface area contributed by atoms with Gasteiger partial charge in [0.05, 0.1) is 10.6 Å². The zero-order chi connectivity index (χ0) is 27.2. The number of nitrogens with one attached hydrogen (secondary N) is 1. The molecule has 3 heterocycles. The minimum Gasteiger partial charge on any atom is -0.381 e. The summed E-state index contributed by atoms with van der Waals surface area (Å²) in [4.78, 5) is 22.9. The Morgan fingerprint density at radius 3 is 2.42 bits per heavy atom. The number of nitrogens with zero attached hydrogens (tertiary/aromatic N) is 1. The molecule has 2 fully saturated rings. The number of ether oxygens (including phenoxy) is 2. The van der Waals surface area contributed by atoms with Crippen molar-refractivity contribution in [3.05, 3.63) is 48.2 Å². The monoisotopic (exact) mass is 556 g/mol. The molecule has 2 aliphatic rings. The van der Waals surface area contributed by atoms with Crippen LogP contribution in [-0.4, -0.2) is 56.3 Å². The third-order valence-electron chi connectivity index (χ3n) is 6.86. The predicted octanol–water partition coefficient (Wildman–Crippen LogP) is 4.53. The molecule has 4 rings (SSSR count). The fourth-order valence-corrected chi connectivity index (χ4v) is 6.54. The molecular weight excluding hydrogens is 525 g/mol. The van der Waals surface area contributed by atoms with Crippen LogP contribution in [0.4, 0.5) is 13.2 Å². The molecule has 2 aliphatic heterocycles. The van der Waals surface area contributed by atoms with Gasteiger partial charge in [-0.15, -0.1) is 0 Å². The van der Waals surface area contributed by atoms with Crippen molar-refractivity contribution < 1.29 is 40.7 Å². The maximum atomic E-state index is 13.8. The molecule has 1 aromatic heterocycles. The fraction of sp³-hybridized carbons (Fsp3) is 0.538. The van der Waals surface area contributed by atoms with Crippen LogP contribution in [-0.2, 0) is 35.4 Å². The Labute approximate surface area is 219 Å². The molecule has 2 aromatic rings. The van der Waals surface area contributed by atoms with Crippen LogP contribution in [0, 0.1) is 0 Å². The van der Waals surface area contributed by atoms with Crippen LogP contribution >= 0.6 is 0 Å². The van der Waals surface area contributed by atoms with Crippen molar-refractivity contribution in [3.63, 3.8) is 0 Å². The molecule has 0 aliphatic carbocycles. The van der Waals surface area contributed by atoms with Crippen molar-refractivity contribution in [2.45, 2.75) is 73.5 Å². The maximum Gasteiger partial charge on any atom is 0.389 e. The van der Waals surface area contributed by atoms with Crippen LogP contribution in [0.25, 0.3) is 11.3 Å². The van der Waals surface area contributed by atoms with Gasteiger partial charge in [0.1, 0.15) is 0 Å².